The smallest absolute Gasteiger partial charge is 0.218 e. The Morgan fingerprint density at radius 2 is 2.00 bits per heavy atom. The van der Waals surface area contributed by atoms with Crippen LogP contribution in [0.2, 0.25) is 5.02 Å². The molecule has 2 N–H and O–H groups in total. The summed E-state index contributed by atoms with van der Waals surface area (Å²) in [6.45, 7) is 5.48. The van der Waals surface area contributed by atoms with Crippen LogP contribution in [0.5, 0.6) is 11.5 Å². The minimum Gasteiger partial charge on any atom is -0.490 e. The van der Waals surface area contributed by atoms with Crippen molar-refractivity contribution >= 4 is 17.5 Å². The van der Waals surface area contributed by atoms with Gasteiger partial charge in [0.2, 0.25) is 5.95 Å². The maximum Gasteiger partial charge on any atom is 0.218 e. The Kier molecular flexibility index (Phi) is 5.96. The average Bonchev–Trinajstić information content (AvgIpc) is 3.14. The number of rotatable bonds is 8. The van der Waals surface area contributed by atoms with E-state index >= 15 is 0 Å². The molecule has 0 atom stereocenters. The third-order valence-electron chi connectivity index (χ3n) is 3.75. The number of H-pyrrole nitrogens is 1. The number of benzene rings is 2. The third-order valence-corrected chi connectivity index (χ3v) is 4.10. The summed E-state index contributed by atoms with van der Waals surface area (Å²) in [6.07, 6.45) is 1.44. The van der Waals surface area contributed by atoms with Crippen molar-refractivity contribution in [3.8, 4) is 11.5 Å². The zero-order chi connectivity index (χ0) is 18.4. The second-order valence-electron chi connectivity index (χ2n) is 5.79. The molecule has 6 nitrogen and oxygen atoms in total. The number of hydrogen-bond donors (Lipinski definition) is 2. The fourth-order valence-electron chi connectivity index (χ4n) is 2.53. The highest BCUT2D eigenvalue weighted by Crippen LogP contribution is 2.34. The van der Waals surface area contributed by atoms with Crippen LogP contribution in [0, 0.1) is 6.92 Å². The van der Waals surface area contributed by atoms with Crippen molar-refractivity contribution in [3.05, 3.63) is 64.4 Å². The SMILES string of the molecule is CCOc1cc(CNc2ncn[nH]2)c(Cl)cc1OCc1cccc(C)c1. The molecule has 2 aromatic carbocycles. The van der Waals surface area contributed by atoms with E-state index in [0.29, 0.717) is 42.2 Å². The lowest BCUT2D eigenvalue weighted by Crippen LogP contribution is -2.05. The lowest BCUT2D eigenvalue weighted by Gasteiger charge is -2.15. The van der Waals surface area contributed by atoms with Crippen molar-refractivity contribution < 1.29 is 9.47 Å². The molecule has 0 bridgehead atoms. The van der Waals surface area contributed by atoms with E-state index in [4.69, 9.17) is 21.1 Å². The first-order valence-corrected chi connectivity index (χ1v) is 8.76. The van der Waals surface area contributed by atoms with Gasteiger partial charge in [-0.3, -0.25) is 0 Å². The molecule has 0 unspecified atom stereocenters. The fourth-order valence-corrected chi connectivity index (χ4v) is 2.75. The van der Waals surface area contributed by atoms with Crippen LogP contribution in [0.1, 0.15) is 23.6 Å². The van der Waals surface area contributed by atoms with Gasteiger partial charge in [0.15, 0.2) is 11.5 Å². The zero-order valence-corrected chi connectivity index (χ0v) is 15.5. The molecule has 3 aromatic rings. The van der Waals surface area contributed by atoms with E-state index in [1.54, 1.807) is 6.07 Å². The molecule has 0 spiro atoms. The van der Waals surface area contributed by atoms with E-state index in [2.05, 4.69) is 39.6 Å². The highest BCUT2D eigenvalue weighted by Gasteiger charge is 2.12. The van der Waals surface area contributed by atoms with Gasteiger partial charge in [-0.15, -0.1) is 0 Å². The van der Waals surface area contributed by atoms with Crippen LogP contribution >= 0.6 is 11.6 Å². The molecule has 0 aliphatic rings. The van der Waals surface area contributed by atoms with Crippen molar-refractivity contribution in [2.24, 2.45) is 0 Å². The molecule has 0 saturated carbocycles. The van der Waals surface area contributed by atoms with Gasteiger partial charge in [0, 0.05) is 17.6 Å². The summed E-state index contributed by atoms with van der Waals surface area (Å²) in [4.78, 5) is 4.03. The van der Waals surface area contributed by atoms with Crippen LogP contribution in [0.25, 0.3) is 0 Å². The Labute approximate surface area is 157 Å². The van der Waals surface area contributed by atoms with Crippen LogP contribution in [0.4, 0.5) is 5.95 Å². The Hall–Kier alpha value is -2.73. The first-order valence-electron chi connectivity index (χ1n) is 8.38. The summed E-state index contributed by atoms with van der Waals surface area (Å²) < 4.78 is 11.7. The lowest BCUT2D eigenvalue weighted by molar-refractivity contribution is 0.269. The topological polar surface area (TPSA) is 72.1 Å². The molecule has 0 saturated heterocycles. The van der Waals surface area contributed by atoms with Crippen molar-refractivity contribution in [1.29, 1.82) is 0 Å². The number of hydrogen-bond acceptors (Lipinski definition) is 5. The maximum absolute atomic E-state index is 6.43. The van der Waals surface area contributed by atoms with Gasteiger partial charge in [-0.05, 0) is 31.0 Å². The van der Waals surface area contributed by atoms with Gasteiger partial charge >= 0.3 is 0 Å². The predicted molar refractivity (Wildman–Crippen MR) is 102 cm³/mol. The van der Waals surface area contributed by atoms with Crippen LogP contribution in [-0.4, -0.2) is 21.8 Å². The zero-order valence-electron chi connectivity index (χ0n) is 14.8. The van der Waals surface area contributed by atoms with E-state index in [1.807, 2.05) is 25.1 Å². The van der Waals surface area contributed by atoms with Crippen LogP contribution in [-0.2, 0) is 13.2 Å². The lowest BCUT2D eigenvalue weighted by atomic mass is 10.1. The first kappa shape index (κ1) is 18.1. The van der Waals surface area contributed by atoms with Gasteiger partial charge in [0.1, 0.15) is 12.9 Å². The Bertz CT molecular complexity index is 853. The second-order valence-corrected chi connectivity index (χ2v) is 6.20. The molecule has 1 heterocycles. The van der Waals surface area contributed by atoms with Gasteiger partial charge in [-0.2, -0.15) is 5.10 Å². The van der Waals surface area contributed by atoms with E-state index in [9.17, 15) is 0 Å². The van der Waals surface area contributed by atoms with Crippen molar-refractivity contribution in [1.82, 2.24) is 15.2 Å². The average molecular weight is 373 g/mol. The molecular formula is C19H21ClN4O2. The number of aromatic amines is 1. The monoisotopic (exact) mass is 372 g/mol. The fraction of sp³-hybridized carbons (Fsp3) is 0.263. The maximum atomic E-state index is 6.43. The summed E-state index contributed by atoms with van der Waals surface area (Å²) in [5.74, 6) is 1.87. The van der Waals surface area contributed by atoms with E-state index in [0.717, 1.165) is 11.1 Å². The highest BCUT2D eigenvalue weighted by molar-refractivity contribution is 6.31. The molecule has 0 radical (unpaired) electrons. The van der Waals surface area contributed by atoms with E-state index in [1.165, 1.54) is 11.9 Å². The standard InChI is InChI=1S/C19H21ClN4O2/c1-3-25-17-8-15(10-21-19-22-12-23-24-19)16(20)9-18(17)26-11-14-6-4-5-13(2)7-14/h4-9,12H,3,10-11H2,1-2H3,(H2,21,22,23,24). The molecule has 136 valence electrons. The molecule has 0 aliphatic carbocycles. The number of nitrogens with one attached hydrogen (secondary N) is 2. The molecule has 26 heavy (non-hydrogen) atoms. The van der Waals surface area contributed by atoms with Crippen molar-refractivity contribution in [2.45, 2.75) is 27.0 Å². The number of aromatic nitrogens is 3. The number of ether oxygens (including phenoxy) is 2. The van der Waals surface area contributed by atoms with Gasteiger partial charge in [-0.1, -0.05) is 41.4 Å². The normalized spacial score (nSPS) is 10.6. The molecular weight excluding hydrogens is 352 g/mol. The summed E-state index contributed by atoms with van der Waals surface area (Å²) in [5.41, 5.74) is 3.18. The molecule has 7 heteroatoms. The summed E-state index contributed by atoms with van der Waals surface area (Å²) in [7, 11) is 0. The van der Waals surface area contributed by atoms with Gasteiger partial charge in [0.25, 0.3) is 0 Å². The van der Waals surface area contributed by atoms with Gasteiger partial charge < -0.3 is 14.8 Å². The number of halogens is 1. The summed E-state index contributed by atoms with van der Waals surface area (Å²) in [6, 6.07) is 11.9. The van der Waals surface area contributed by atoms with Crippen LogP contribution < -0.4 is 14.8 Å². The summed E-state index contributed by atoms with van der Waals surface area (Å²) in [5, 5.41) is 10.3. The number of nitrogens with zero attached hydrogens (tertiary/aromatic N) is 2. The Morgan fingerprint density at radius 1 is 1.15 bits per heavy atom. The Balaban J connectivity index is 1.75. The minimum atomic E-state index is 0.452. The largest absolute Gasteiger partial charge is 0.490 e. The molecule has 0 amide bonds. The number of anilines is 1. The van der Waals surface area contributed by atoms with Crippen LogP contribution in [0.15, 0.2) is 42.7 Å². The first-order chi connectivity index (χ1) is 12.7. The number of aryl methyl sites for hydroxylation is 1. The minimum absolute atomic E-state index is 0.452. The van der Waals surface area contributed by atoms with E-state index < -0.39 is 0 Å². The molecule has 0 aliphatic heterocycles. The third kappa shape index (κ3) is 4.67. The highest BCUT2D eigenvalue weighted by atomic mass is 35.5. The Morgan fingerprint density at radius 3 is 2.73 bits per heavy atom. The molecule has 3 rings (SSSR count). The summed E-state index contributed by atoms with van der Waals surface area (Å²) >= 11 is 6.43. The van der Waals surface area contributed by atoms with Gasteiger partial charge in [-0.25, -0.2) is 10.1 Å². The van der Waals surface area contributed by atoms with E-state index in [-0.39, 0.29) is 0 Å². The second kappa shape index (κ2) is 8.58. The quantitative estimate of drug-likeness (QED) is 0.614. The van der Waals surface area contributed by atoms with Gasteiger partial charge in [0.05, 0.1) is 6.61 Å². The van der Waals surface area contributed by atoms with Crippen molar-refractivity contribution in [3.63, 3.8) is 0 Å². The molecule has 1 aromatic heterocycles. The molecule has 0 fully saturated rings. The van der Waals surface area contributed by atoms with Crippen molar-refractivity contribution in [2.75, 3.05) is 11.9 Å². The van der Waals surface area contributed by atoms with Crippen LogP contribution in [0.3, 0.4) is 0 Å². The predicted octanol–water partition coefficient (Wildman–Crippen LogP) is 4.36.